The van der Waals surface area contributed by atoms with Crippen molar-refractivity contribution >= 4 is 56.2 Å². The minimum absolute atomic E-state index is 0.181. The summed E-state index contributed by atoms with van der Waals surface area (Å²) < 4.78 is 13.6. The molecule has 0 aliphatic heterocycles. The normalized spacial score (nSPS) is 14.3. The van der Waals surface area contributed by atoms with Gasteiger partial charge in [-0.3, -0.25) is 4.79 Å². The number of hydrogen-bond donors (Lipinski definition) is 0. The van der Waals surface area contributed by atoms with E-state index in [4.69, 9.17) is 37.7 Å². The molecule has 6 nitrogen and oxygen atoms in total. The van der Waals surface area contributed by atoms with Gasteiger partial charge < -0.3 is 9.47 Å². The van der Waals surface area contributed by atoms with E-state index in [1.54, 1.807) is 31.5 Å². The number of para-hydroxylation sites is 1. The van der Waals surface area contributed by atoms with Crippen LogP contribution in [0.25, 0.3) is 10.9 Å². The zero-order valence-corrected chi connectivity index (χ0v) is 23.9. The Hall–Kier alpha value is -2.87. The van der Waals surface area contributed by atoms with E-state index in [1.165, 1.54) is 11.1 Å². The number of aromatic nitrogens is 2. The fourth-order valence-electron chi connectivity index (χ4n) is 4.75. The summed E-state index contributed by atoms with van der Waals surface area (Å²) in [6.07, 6.45) is 7.01. The Morgan fingerprint density at radius 3 is 2.61 bits per heavy atom. The quantitative estimate of drug-likeness (QED) is 0.198. The van der Waals surface area contributed by atoms with Crippen LogP contribution in [0.15, 0.2) is 69.0 Å². The van der Waals surface area contributed by atoms with E-state index in [1.807, 2.05) is 36.4 Å². The molecular formula is C29H26BrCl2N3O3. The van der Waals surface area contributed by atoms with Crippen LogP contribution in [-0.2, 0) is 6.61 Å². The van der Waals surface area contributed by atoms with Gasteiger partial charge in [-0.2, -0.15) is 9.78 Å². The van der Waals surface area contributed by atoms with Gasteiger partial charge in [0.15, 0.2) is 11.5 Å². The monoisotopic (exact) mass is 613 g/mol. The van der Waals surface area contributed by atoms with Gasteiger partial charge in [0, 0.05) is 26.5 Å². The van der Waals surface area contributed by atoms with Crippen LogP contribution in [-0.4, -0.2) is 23.0 Å². The van der Waals surface area contributed by atoms with E-state index in [0.29, 0.717) is 48.3 Å². The molecule has 1 aliphatic rings. The maximum atomic E-state index is 13.5. The topological polar surface area (TPSA) is 65.7 Å². The van der Waals surface area contributed by atoms with E-state index in [0.717, 1.165) is 31.2 Å². The molecule has 38 heavy (non-hydrogen) atoms. The number of fused-ring (bicyclic) bond motifs is 1. The first-order valence-electron chi connectivity index (χ1n) is 12.5. The smallest absolute Gasteiger partial charge is 0.282 e. The highest BCUT2D eigenvalue weighted by atomic mass is 79.9. The molecule has 0 radical (unpaired) electrons. The second kappa shape index (κ2) is 11.9. The zero-order chi connectivity index (χ0) is 26.6. The number of benzene rings is 3. The van der Waals surface area contributed by atoms with Crippen molar-refractivity contribution in [1.82, 2.24) is 9.66 Å². The predicted molar refractivity (Wildman–Crippen MR) is 156 cm³/mol. The van der Waals surface area contributed by atoms with Crippen LogP contribution in [0.5, 0.6) is 11.5 Å². The summed E-state index contributed by atoms with van der Waals surface area (Å²) in [5, 5.41) is 6.09. The van der Waals surface area contributed by atoms with Gasteiger partial charge in [0.1, 0.15) is 17.5 Å². The minimum atomic E-state index is -0.193. The highest BCUT2D eigenvalue weighted by molar-refractivity contribution is 9.10. The summed E-state index contributed by atoms with van der Waals surface area (Å²) in [7, 11) is 1.54. The van der Waals surface area contributed by atoms with Crippen molar-refractivity contribution in [3.63, 3.8) is 0 Å². The standard InChI is InChI=1S/C29H26BrCl2N3O3/c1-37-24-15-20(25(30)26(32)27(24)38-17-19-11-5-7-13-22(19)31)16-33-35-28(18-9-3-2-4-10-18)34-23-14-8-6-12-21(23)29(35)36/h5-8,11-16,18H,2-4,9-10,17H2,1H3. The third-order valence-electron chi connectivity index (χ3n) is 6.77. The molecule has 0 unspecified atom stereocenters. The lowest BCUT2D eigenvalue weighted by atomic mass is 9.88. The van der Waals surface area contributed by atoms with Crippen molar-refractivity contribution in [2.75, 3.05) is 7.11 Å². The van der Waals surface area contributed by atoms with E-state index >= 15 is 0 Å². The van der Waals surface area contributed by atoms with Gasteiger partial charge in [0.2, 0.25) is 0 Å². The van der Waals surface area contributed by atoms with Crippen LogP contribution in [0, 0.1) is 0 Å². The first-order chi connectivity index (χ1) is 18.5. The third-order valence-corrected chi connectivity index (χ3v) is 8.58. The molecule has 1 fully saturated rings. The largest absolute Gasteiger partial charge is 0.493 e. The number of methoxy groups -OCH3 is 1. The molecule has 1 saturated carbocycles. The molecule has 0 atom stereocenters. The summed E-state index contributed by atoms with van der Waals surface area (Å²) in [5.74, 6) is 1.69. The minimum Gasteiger partial charge on any atom is -0.493 e. The number of rotatable bonds is 7. The molecule has 1 aromatic heterocycles. The van der Waals surface area contributed by atoms with Crippen molar-refractivity contribution in [1.29, 1.82) is 0 Å². The second-order valence-corrected chi connectivity index (χ2v) is 10.8. The van der Waals surface area contributed by atoms with Crippen LogP contribution in [0.3, 0.4) is 0 Å². The van der Waals surface area contributed by atoms with E-state index in [9.17, 15) is 4.79 Å². The van der Waals surface area contributed by atoms with Crippen molar-refractivity contribution in [2.24, 2.45) is 5.10 Å². The van der Waals surface area contributed by atoms with Gasteiger partial charge in [0.25, 0.3) is 5.56 Å². The lowest BCUT2D eigenvalue weighted by Gasteiger charge is -2.22. The van der Waals surface area contributed by atoms with Crippen molar-refractivity contribution in [3.05, 3.63) is 96.4 Å². The third kappa shape index (κ3) is 5.46. The molecule has 1 heterocycles. The molecular weight excluding hydrogens is 589 g/mol. The van der Waals surface area contributed by atoms with Gasteiger partial charge in [-0.25, -0.2) is 4.98 Å². The fourth-order valence-corrected chi connectivity index (χ4v) is 5.59. The summed E-state index contributed by atoms with van der Waals surface area (Å²) in [6.45, 7) is 0.221. The number of nitrogens with zero attached hydrogens (tertiary/aromatic N) is 3. The lowest BCUT2D eigenvalue weighted by Crippen LogP contribution is -2.25. The predicted octanol–water partition coefficient (Wildman–Crippen LogP) is 7.98. The molecule has 0 bridgehead atoms. The Labute approximate surface area is 239 Å². The second-order valence-electron chi connectivity index (χ2n) is 9.19. The first kappa shape index (κ1) is 26.7. The van der Waals surface area contributed by atoms with Gasteiger partial charge >= 0.3 is 0 Å². The summed E-state index contributed by atoms with van der Waals surface area (Å²) in [4.78, 5) is 18.4. The van der Waals surface area contributed by atoms with Crippen LogP contribution in [0.4, 0.5) is 0 Å². The Kier molecular flexibility index (Phi) is 8.36. The summed E-state index contributed by atoms with van der Waals surface area (Å²) in [5.41, 5.74) is 1.95. The Morgan fingerprint density at radius 1 is 1.11 bits per heavy atom. The molecule has 0 saturated heterocycles. The molecule has 5 rings (SSSR count). The highest BCUT2D eigenvalue weighted by Gasteiger charge is 2.23. The van der Waals surface area contributed by atoms with Crippen molar-refractivity contribution < 1.29 is 9.47 Å². The zero-order valence-electron chi connectivity index (χ0n) is 20.8. The number of halogens is 3. The van der Waals surface area contributed by atoms with Gasteiger partial charge in [-0.15, -0.1) is 0 Å². The molecule has 1 aliphatic carbocycles. The molecule has 0 spiro atoms. The average molecular weight is 615 g/mol. The van der Waals surface area contributed by atoms with E-state index in [-0.39, 0.29) is 18.1 Å². The molecule has 3 aromatic carbocycles. The molecule has 0 amide bonds. The molecule has 0 N–H and O–H groups in total. The lowest BCUT2D eigenvalue weighted by molar-refractivity contribution is 0.284. The Balaban J connectivity index is 1.53. The van der Waals surface area contributed by atoms with Crippen LogP contribution < -0.4 is 15.0 Å². The van der Waals surface area contributed by atoms with Crippen LogP contribution in [0.2, 0.25) is 10.0 Å². The first-order valence-corrected chi connectivity index (χ1v) is 14.0. The SMILES string of the molecule is COc1cc(C=Nn2c(C3CCCCC3)nc3ccccc3c2=O)c(Br)c(Cl)c1OCc1ccccc1Cl. The van der Waals surface area contributed by atoms with Crippen molar-refractivity contribution in [2.45, 2.75) is 44.6 Å². The summed E-state index contributed by atoms with van der Waals surface area (Å²) >= 11 is 16.6. The van der Waals surface area contributed by atoms with Crippen LogP contribution >= 0.6 is 39.1 Å². The van der Waals surface area contributed by atoms with Gasteiger partial charge in [-0.05, 0) is 53.0 Å². The molecule has 9 heteroatoms. The maximum Gasteiger partial charge on any atom is 0.282 e. The average Bonchev–Trinajstić information content (AvgIpc) is 2.95. The maximum absolute atomic E-state index is 13.5. The van der Waals surface area contributed by atoms with Crippen LogP contribution in [0.1, 0.15) is 55.0 Å². The van der Waals surface area contributed by atoms with Gasteiger partial charge in [0.05, 0.1) is 24.2 Å². The number of hydrogen-bond acceptors (Lipinski definition) is 5. The number of ether oxygens (including phenoxy) is 2. The summed E-state index contributed by atoms with van der Waals surface area (Å²) in [6, 6.07) is 16.6. The van der Waals surface area contributed by atoms with E-state index in [2.05, 4.69) is 21.0 Å². The Bertz CT molecular complexity index is 1570. The highest BCUT2D eigenvalue weighted by Crippen LogP contribution is 2.42. The fraction of sp³-hybridized carbons (Fsp3) is 0.276. The molecule has 196 valence electrons. The molecule has 4 aromatic rings. The van der Waals surface area contributed by atoms with Gasteiger partial charge in [-0.1, -0.05) is 72.8 Å². The van der Waals surface area contributed by atoms with Crippen molar-refractivity contribution in [3.8, 4) is 11.5 Å². The Morgan fingerprint density at radius 2 is 1.84 bits per heavy atom. The van der Waals surface area contributed by atoms with E-state index < -0.39 is 0 Å².